The first-order valence-corrected chi connectivity index (χ1v) is 6.40. The number of carbonyl (C=O) groups excluding carboxylic acids is 1. The zero-order valence-corrected chi connectivity index (χ0v) is 9.83. The van der Waals surface area contributed by atoms with Gasteiger partial charge in [-0.1, -0.05) is 12.8 Å². The number of carbonyl (C=O) groups is 1. The second-order valence-corrected chi connectivity index (χ2v) is 5.13. The fraction of sp³-hybridized carbons (Fsp3) is 0.667. The van der Waals surface area contributed by atoms with Crippen LogP contribution in [0.2, 0.25) is 0 Å². The molecule has 0 radical (unpaired) electrons. The first kappa shape index (κ1) is 10.6. The third-order valence-electron chi connectivity index (χ3n) is 3.72. The number of nitrogen functional groups attached to an aromatic ring is 1. The number of aromatic nitrogens is 2. The number of rotatable bonds is 3. The average molecular weight is 234 g/mol. The molecule has 17 heavy (non-hydrogen) atoms. The van der Waals surface area contributed by atoms with Crippen LogP contribution in [0.25, 0.3) is 0 Å². The average Bonchev–Trinajstić information content (AvgIpc) is 2.88. The molecule has 2 aliphatic carbocycles. The van der Waals surface area contributed by atoms with Gasteiger partial charge in [-0.05, 0) is 25.7 Å². The van der Waals surface area contributed by atoms with Crippen LogP contribution in [0, 0.1) is 0 Å². The molecule has 1 aromatic heterocycles. The predicted molar refractivity (Wildman–Crippen MR) is 64.7 cm³/mol. The Hall–Kier alpha value is -1.52. The van der Waals surface area contributed by atoms with E-state index >= 15 is 0 Å². The van der Waals surface area contributed by atoms with E-state index < -0.39 is 0 Å². The van der Waals surface area contributed by atoms with Crippen molar-refractivity contribution in [1.82, 2.24) is 15.5 Å². The normalized spacial score (nSPS) is 20.7. The van der Waals surface area contributed by atoms with Gasteiger partial charge in [0.25, 0.3) is 5.91 Å². The third-order valence-corrected chi connectivity index (χ3v) is 3.72. The Morgan fingerprint density at radius 2 is 2.00 bits per heavy atom. The summed E-state index contributed by atoms with van der Waals surface area (Å²) in [5, 5.41) is 9.97. The van der Waals surface area contributed by atoms with Gasteiger partial charge in [0.1, 0.15) is 0 Å². The van der Waals surface area contributed by atoms with Crippen LogP contribution >= 0.6 is 0 Å². The number of H-pyrrole nitrogens is 1. The summed E-state index contributed by atoms with van der Waals surface area (Å²) in [5.74, 6) is 0.369. The molecule has 2 aliphatic rings. The van der Waals surface area contributed by atoms with Gasteiger partial charge in [0.05, 0.1) is 11.4 Å². The van der Waals surface area contributed by atoms with Crippen LogP contribution in [0.3, 0.4) is 0 Å². The molecule has 0 aromatic carbocycles. The van der Waals surface area contributed by atoms with Crippen molar-refractivity contribution in [2.24, 2.45) is 0 Å². The molecule has 1 heterocycles. The topological polar surface area (TPSA) is 83.8 Å². The zero-order chi connectivity index (χ0) is 11.8. The van der Waals surface area contributed by atoms with E-state index in [0.29, 0.717) is 23.3 Å². The molecule has 4 N–H and O–H groups in total. The molecule has 0 spiro atoms. The van der Waals surface area contributed by atoms with Crippen LogP contribution < -0.4 is 11.1 Å². The number of anilines is 1. The smallest absolute Gasteiger partial charge is 0.274 e. The maximum Gasteiger partial charge on any atom is 0.274 e. The molecule has 5 nitrogen and oxygen atoms in total. The number of hydrogen-bond donors (Lipinski definition) is 3. The maximum atomic E-state index is 12.0. The van der Waals surface area contributed by atoms with E-state index in [9.17, 15) is 4.79 Å². The maximum absolute atomic E-state index is 12.0. The number of nitrogens with two attached hydrogens (primary N) is 1. The number of amides is 1. The van der Waals surface area contributed by atoms with E-state index in [0.717, 1.165) is 31.4 Å². The molecule has 0 unspecified atom stereocenters. The van der Waals surface area contributed by atoms with Crippen molar-refractivity contribution in [1.29, 1.82) is 0 Å². The first-order chi connectivity index (χ1) is 8.25. The van der Waals surface area contributed by atoms with E-state index in [1.165, 1.54) is 12.8 Å². The van der Waals surface area contributed by atoms with Crippen molar-refractivity contribution in [2.75, 3.05) is 5.73 Å². The lowest BCUT2D eigenvalue weighted by molar-refractivity contribution is 0.0933. The Bertz CT molecular complexity index is 430. The third kappa shape index (κ3) is 2.01. The molecule has 5 heteroatoms. The molecule has 0 atom stereocenters. The standard InChI is InChI=1S/C12H18N4O/c13-9-10(7-5-6-7)15-16-11(9)12(17)14-8-3-1-2-4-8/h7-8H,1-6,13H2,(H,14,17)(H,15,16). The summed E-state index contributed by atoms with van der Waals surface area (Å²) in [7, 11) is 0. The number of nitrogens with zero attached hydrogens (tertiary/aromatic N) is 1. The fourth-order valence-corrected chi connectivity index (χ4v) is 2.54. The van der Waals surface area contributed by atoms with Crippen LogP contribution in [0.4, 0.5) is 5.69 Å². The summed E-state index contributed by atoms with van der Waals surface area (Å²) >= 11 is 0. The number of nitrogens with one attached hydrogen (secondary N) is 2. The second-order valence-electron chi connectivity index (χ2n) is 5.13. The Morgan fingerprint density at radius 3 is 2.65 bits per heavy atom. The summed E-state index contributed by atoms with van der Waals surface area (Å²) in [6, 6.07) is 0.308. The van der Waals surface area contributed by atoms with Crippen molar-refractivity contribution >= 4 is 11.6 Å². The van der Waals surface area contributed by atoms with Gasteiger partial charge in [-0.3, -0.25) is 9.89 Å². The monoisotopic (exact) mass is 234 g/mol. The van der Waals surface area contributed by atoms with Crippen LogP contribution in [0.15, 0.2) is 0 Å². The molecular formula is C12H18N4O. The summed E-state index contributed by atoms with van der Waals surface area (Å²) < 4.78 is 0. The molecule has 1 aromatic rings. The van der Waals surface area contributed by atoms with E-state index in [1.54, 1.807) is 0 Å². The van der Waals surface area contributed by atoms with Gasteiger partial charge in [-0.2, -0.15) is 5.10 Å². The van der Waals surface area contributed by atoms with Gasteiger partial charge < -0.3 is 11.1 Å². The van der Waals surface area contributed by atoms with Crippen LogP contribution in [-0.2, 0) is 0 Å². The Morgan fingerprint density at radius 1 is 1.29 bits per heavy atom. The van der Waals surface area contributed by atoms with Gasteiger partial charge in [0.2, 0.25) is 0 Å². The van der Waals surface area contributed by atoms with E-state index in [-0.39, 0.29) is 5.91 Å². The molecule has 2 fully saturated rings. The molecule has 0 saturated heterocycles. The van der Waals surface area contributed by atoms with Gasteiger partial charge in [0, 0.05) is 12.0 Å². The predicted octanol–water partition coefficient (Wildman–Crippen LogP) is 1.54. The van der Waals surface area contributed by atoms with Crippen LogP contribution in [0.1, 0.15) is 60.6 Å². The largest absolute Gasteiger partial charge is 0.395 e. The van der Waals surface area contributed by atoms with Crippen LogP contribution in [-0.4, -0.2) is 22.1 Å². The van der Waals surface area contributed by atoms with Gasteiger partial charge in [-0.25, -0.2) is 0 Å². The molecule has 0 aliphatic heterocycles. The SMILES string of the molecule is Nc1c(C(=O)NC2CCCC2)n[nH]c1C1CC1. The Labute approximate surface area is 100 Å². The van der Waals surface area contributed by atoms with Crippen LogP contribution in [0.5, 0.6) is 0 Å². The minimum absolute atomic E-state index is 0.127. The lowest BCUT2D eigenvalue weighted by Gasteiger charge is -2.10. The molecule has 2 saturated carbocycles. The second kappa shape index (κ2) is 4.05. The lowest BCUT2D eigenvalue weighted by atomic mass is 10.2. The number of aromatic amines is 1. The minimum Gasteiger partial charge on any atom is -0.395 e. The van der Waals surface area contributed by atoms with Crippen molar-refractivity contribution in [3.63, 3.8) is 0 Å². The van der Waals surface area contributed by atoms with Gasteiger partial charge in [-0.15, -0.1) is 0 Å². The molecule has 3 rings (SSSR count). The van der Waals surface area contributed by atoms with Crippen molar-refractivity contribution in [3.05, 3.63) is 11.4 Å². The molecule has 92 valence electrons. The first-order valence-electron chi connectivity index (χ1n) is 6.40. The van der Waals surface area contributed by atoms with Gasteiger partial charge in [0.15, 0.2) is 5.69 Å². The fourth-order valence-electron chi connectivity index (χ4n) is 2.54. The van der Waals surface area contributed by atoms with E-state index in [4.69, 9.17) is 5.73 Å². The van der Waals surface area contributed by atoms with Crippen molar-refractivity contribution in [2.45, 2.75) is 50.5 Å². The minimum atomic E-state index is -0.127. The number of hydrogen-bond acceptors (Lipinski definition) is 3. The van der Waals surface area contributed by atoms with Crippen molar-refractivity contribution < 1.29 is 4.79 Å². The quantitative estimate of drug-likeness (QED) is 0.741. The highest BCUT2D eigenvalue weighted by Gasteiger charge is 2.30. The summed E-state index contributed by atoms with van der Waals surface area (Å²) in [5.41, 5.74) is 7.83. The molecule has 1 amide bonds. The van der Waals surface area contributed by atoms with Gasteiger partial charge >= 0.3 is 0 Å². The summed E-state index contributed by atoms with van der Waals surface area (Å²) in [4.78, 5) is 12.0. The highest BCUT2D eigenvalue weighted by atomic mass is 16.2. The Kier molecular flexibility index (Phi) is 2.53. The van der Waals surface area contributed by atoms with E-state index in [1.807, 2.05) is 0 Å². The summed E-state index contributed by atoms with van der Waals surface area (Å²) in [6.07, 6.45) is 6.85. The summed E-state index contributed by atoms with van der Waals surface area (Å²) in [6.45, 7) is 0. The van der Waals surface area contributed by atoms with Crippen molar-refractivity contribution in [3.8, 4) is 0 Å². The Balaban J connectivity index is 1.71. The zero-order valence-electron chi connectivity index (χ0n) is 9.83. The molecule has 0 bridgehead atoms. The lowest BCUT2D eigenvalue weighted by Crippen LogP contribution is -2.33. The molecular weight excluding hydrogens is 216 g/mol. The van der Waals surface area contributed by atoms with E-state index in [2.05, 4.69) is 15.5 Å². The highest BCUT2D eigenvalue weighted by Crippen LogP contribution is 2.42. The highest BCUT2D eigenvalue weighted by molar-refractivity contribution is 5.97.